The minimum absolute atomic E-state index is 0.287. The van der Waals surface area contributed by atoms with E-state index in [0.717, 1.165) is 11.1 Å². The average molecular weight is 297 g/mol. The first-order valence-corrected chi connectivity index (χ1v) is 7.55. The van der Waals surface area contributed by atoms with Crippen molar-refractivity contribution in [1.82, 2.24) is 0 Å². The highest BCUT2D eigenvalue weighted by Crippen LogP contribution is 2.44. The zero-order valence-electron chi connectivity index (χ0n) is 10.8. The minimum atomic E-state index is 0.287. The van der Waals surface area contributed by atoms with Crippen molar-refractivity contribution in [2.75, 3.05) is 12.4 Å². The molecule has 0 bridgehead atoms. The van der Waals surface area contributed by atoms with Gasteiger partial charge in [-0.3, -0.25) is 0 Å². The molecule has 2 rings (SSSR count). The lowest BCUT2D eigenvalue weighted by atomic mass is 9.70. The van der Waals surface area contributed by atoms with Gasteiger partial charge in [0.05, 0.1) is 7.11 Å². The van der Waals surface area contributed by atoms with Crippen LogP contribution in [0.15, 0.2) is 18.2 Å². The molecule has 1 saturated carbocycles. The summed E-state index contributed by atoms with van der Waals surface area (Å²) in [4.78, 5) is 0. The molecule has 0 saturated heterocycles. The first-order chi connectivity index (χ1) is 8.22. The molecule has 1 fully saturated rings. The number of alkyl halides is 1. The lowest BCUT2D eigenvalue weighted by molar-refractivity contribution is 0.311. The van der Waals surface area contributed by atoms with Crippen molar-refractivity contribution in [2.45, 2.75) is 44.4 Å². The summed E-state index contributed by atoms with van der Waals surface area (Å²) in [5.41, 5.74) is 3.01. The second kappa shape index (κ2) is 5.43. The number of rotatable bonds is 3. The molecule has 0 N–H and O–H groups in total. The van der Waals surface area contributed by atoms with Crippen LogP contribution in [-0.2, 0) is 5.41 Å². The summed E-state index contributed by atoms with van der Waals surface area (Å²) in [6.07, 6.45) is 6.60. The molecular weight excluding hydrogens is 276 g/mol. The van der Waals surface area contributed by atoms with Gasteiger partial charge in [0.2, 0.25) is 0 Å². The number of halogens is 1. The van der Waals surface area contributed by atoms with Crippen LogP contribution in [0.2, 0.25) is 0 Å². The highest BCUT2D eigenvalue weighted by atomic mass is 79.9. The van der Waals surface area contributed by atoms with Crippen molar-refractivity contribution < 1.29 is 4.74 Å². The van der Waals surface area contributed by atoms with E-state index >= 15 is 0 Å². The lowest BCUT2D eigenvalue weighted by Gasteiger charge is -2.37. The highest BCUT2D eigenvalue weighted by molar-refractivity contribution is 9.09. The van der Waals surface area contributed by atoms with E-state index in [1.165, 1.54) is 43.2 Å². The van der Waals surface area contributed by atoms with Crippen molar-refractivity contribution in [2.24, 2.45) is 0 Å². The molecule has 17 heavy (non-hydrogen) atoms. The second-order valence-corrected chi connectivity index (χ2v) is 5.74. The van der Waals surface area contributed by atoms with E-state index in [2.05, 4.69) is 41.1 Å². The van der Waals surface area contributed by atoms with Crippen molar-refractivity contribution in [1.29, 1.82) is 0 Å². The Morgan fingerprint density at radius 2 is 1.94 bits per heavy atom. The standard InChI is InChI=1S/C15H21BrO/c1-12-6-7-14(17-2)13(10-12)15(11-16)8-4-3-5-9-15/h6-7,10H,3-5,8-9,11H2,1-2H3. The second-order valence-electron chi connectivity index (χ2n) is 5.18. The first-order valence-electron chi connectivity index (χ1n) is 6.43. The quantitative estimate of drug-likeness (QED) is 0.741. The maximum Gasteiger partial charge on any atom is 0.122 e. The predicted molar refractivity (Wildman–Crippen MR) is 76.3 cm³/mol. The monoisotopic (exact) mass is 296 g/mol. The maximum atomic E-state index is 5.56. The third-order valence-corrected chi connectivity index (χ3v) is 5.07. The molecule has 94 valence electrons. The third-order valence-electron chi connectivity index (χ3n) is 3.99. The van der Waals surface area contributed by atoms with Crippen LogP contribution in [-0.4, -0.2) is 12.4 Å². The molecule has 1 aromatic rings. The van der Waals surface area contributed by atoms with Crippen LogP contribution < -0.4 is 4.74 Å². The Morgan fingerprint density at radius 1 is 1.24 bits per heavy atom. The molecule has 1 aromatic carbocycles. The van der Waals surface area contributed by atoms with E-state index in [1.54, 1.807) is 7.11 Å². The van der Waals surface area contributed by atoms with Gasteiger partial charge in [-0.05, 0) is 25.8 Å². The van der Waals surface area contributed by atoms with Crippen LogP contribution in [0.1, 0.15) is 43.2 Å². The number of ether oxygens (including phenoxy) is 1. The Hall–Kier alpha value is -0.500. The number of hydrogen-bond donors (Lipinski definition) is 0. The van der Waals surface area contributed by atoms with Gasteiger partial charge < -0.3 is 4.74 Å². The SMILES string of the molecule is COc1ccc(C)cc1C1(CBr)CCCCC1. The third kappa shape index (κ3) is 2.52. The molecule has 0 radical (unpaired) electrons. The van der Waals surface area contributed by atoms with Gasteiger partial charge in [0.25, 0.3) is 0 Å². The Labute approximate surface area is 113 Å². The predicted octanol–water partition coefficient (Wildman–Crippen LogP) is 4.60. The van der Waals surface area contributed by atoms with Gasteiger partial charge in [-0.25, -0.2) is 0 Å². The smallest absolute Gasteiger partial charge is 0.122 e. The van der Waals surface area contributed by atoms with Crippen molar-refractivity contribution >= 4 is 15.9 Å². The van der Waals surface area contributed by atoms with Gasteiger partial charge in [-0.1, -0.05) is 52.9 Å². The first kappa shape index (κ1) is 12.9. The van der Waals surface area contributed by atoms with Crippen LogP contribution in [0.25, 0.3) is 0 Å². The van der Waals surface area contributed by atoms with Crippen LogP contribution in [0, 0.1) is 6.92 Å². The fourth-order valence-corrected chi connectivity index (χ4v) is 3.80. The Morgan fingerprint density at radius 3 is 2.53 bits per heavy atom. The Bertz CT molecular complexity index is 381. The van der Waals surface area contributed by atoms with Gasteiger partial charge in [0, 0.05) is 16.3 Å². The van der Waals surface area contributed by atoms with Crippen LogP contribution in [0.4, 0.5) is 0 Å². The molecule has 1 aliphatic rings. The normalized spacial score (nSPS) is 19.0. The largest absolute Gasteiger partial charge is 0.496 e. The zero-order valence-corrected chi connectivity index (χ0v) is 12.3. The van der Waals surface area contributed by atoms with Gasteiger partial charge in [-0.15, -0.1) is 0 Å². The topological polar surface area (TPSA) is 9.23 Å². The molecule has 0 amide bonds. The summed E-state index contributed by atoms with van der Waals surface area (Å²) in [7, 11) is 1.78. The maximum absolute atomic E-state index is 5.56. The molecule has 0 atom stereocenters. The zero-order chi connectivity index (χ0) is 12.3. The molecule has 0 heterocycles. The Kier molecular flexibility index (Phi) is 4.13. The molecule has 0 aliphatic heterocycles. The molecule has 0 unspecified atom stereocenters. The van der Waals surface area contributed by atoms with Crippen molar-refractivity contribution in [3.8, 4) is 5.75 Å². The molecule has 2 heteroatoms. The minimum Gasteiger partial charge on any atom is -0.496 e. The van der Waals surface area contributed by atoms with Gasteiger partial charge in [-0.2, -0.15) is 0 Å². The van der Waals surface area contributed by atoms with Gasteiger partial charge in [0.15, 0.2) is 0 Å². The van der Waals surface area contributed by atoms with E-state index in [-0.39, 0.29) is 5.41 Å². The molecule has 0 spiro atoms. The Balaban J connectivity index is 2.44. The lowest BCUT2D eigenvalue weighted by Crippen LogP contribution is -2.31. The van der Waals surface area contributed by atoms with Gasteiger partial charge >= 0.3 is 0 Å². The van der Waals surface area contributed by atoms with E-state index < -0.39 is 0 Å². The van der Waals surface area contributed by atoms with Crippen LogP contribution in [0.3, 0.4) is 0 Å². The number of hydrogen-bond acceptors (Lipinski definition) is 1. The number of methoxy groups -OCH3 is 1. The van der Waals surface area contributed by atoms with E-state index in [1.807, 2.05) is 0 Å². The summed E-state index contributed by atoms with van der Waals surface area (Å²) >= 11 is 3.74. The summed E-state index contributed by atoms with van der Waals surface area (Å²) in [6, 6.07) is 6.56. The highest BCUT2D eigenvalue weighted by Gasteiger charge is 2.35. The van der Waals surface area contributed by atoms with E-state index in [0.29, 0.717) is 0 Å². The van der Waals surface area contributed by atoms with E-state index in [4.69, 9.17) is 4.74 Å². The van der Waals surface area contributed by atoms with Crippen molar-refractivity contribution in [3.05, 3.63) is 29.3 Å². The summed E-state index contributed by atoms with van der Waals surface area (Å²) < 4.78 is 5.56. The van der Waals surface area contributed by atoms with Crippen LogP contribution >= 0.6 is 15.9 Å². The molecule has 1 nitrogen and oxygen atoms in total. The fourth-order valence-electron chi connectivity index (χ4n) is 2.94. The number of aryl methyl sites for hydroxylation is 1. The summed E-state index contributed by atoms with van der Waals surface area (Å²) in [5.74, 6) is 1.05. The summed E-state index contributed by atoms with van der Waals surface area (Å²) in [6.45, 7) is 2.16. The fraction of sp³-hybridized carbons (Fsp3) is 0.600. The molecular formula is C15H21BrO. The van der Waals surface area contributed by atoms with Crippen molar-refractivity contribution in [3.63, 3.8) is 0 Å². The molecule has 0 aromatic heterocycles. The van der Waals surface area contributed by atoms with Gasteiger partial charge in [0.1, 0.15) is 5.75 Å². The average Bonchev–Trinajstić information content (AvgIpc) is 2.39. The number of benzene rings is 1. The van der Waals surface area contributed by atoms with E-state index in [9.17, 15) is 0 Å². The van der Waals surface area contributed by atoms with Crippen LogP contribution in [0.5, 0.6) is 5.75 Å². The summed E-state index contributed by atoms with van der Waals surface area (Å²) in [5, 5.41) is 1.04. The molecule has 1 aliphatic carbocycles.